The van der Waals surface area contributed by atoms with Gasteiger partial charge < -0.3 is 25.8 Å². The fourth-order valence-corrected chi connectivity index (χ4v) is 6.99. The van der Waals surface area contributed by atoms with Gasteiger partial charge in [0.25, 0.3) is 0 Å². The van der Waals surface area contributed by atoms with Gasteiger partial charge in [-0.3, -0.25) is 28.9 Å². The molecule has 8 atom stereocenters. The summed E-state index contributed by atoms with van der Waals surface area (Å²) in [5, 5.41) is 34.7. The Morgan fingerprint density at radius 2 is 1.65 bits per heavy atom. The van der Waals surface area contributed by atoms with Crippen molar-refractivity contribution in [1.82, 2.24) is 4.90 Å². The van der Waals surface area contributed by atoms with Crippen LogP contribution >= 0.6 is 0 Å². The summed E-state index contributed by atoms with van der Waals surface area (Å²) in [4.78, 5) is 68.1. The molecule has 11 nitrogen and oxygen atoms in total. The summed E-state index contributed by atoms with van der Waals surface area (Å²) >= 11 is 0. The molecule has 0 saturated heterocycles. The summed E-state index contributed by atoms with van der Waals surface area (Å²) in [6, 6.07) is 8.58. The minimum absolute atomic E-state index is 0.153. The van der Waals surface area contributed by atoms with E-state index in [9.17, 15) is 39.3 Å². The number of ketones is 4. The highest BCUT2D eigenvalue weighted by Gasteiger charge is 2.72. The molecule has 0 aliphatic heterocycles. The third kappa shape index (κ3) is 3.51. The predicted molar refractivity (Wildman–Crippen MR) is 139 cm³/mol. The minimum atomic E-state index is -3.03. The third-order valence-electron chi connectivity index (χ3n) is 8.89. The number of nitrogens with zero attached hydrogens (tertiary/aromatic N) is 1. The zero-order valence-corrected chi connectivity index (χ0v) is 22.3. The van der Waals surface area contributed by atoms with Crippen LogP contribution in [0.25, 0.3) is 11.1 Å². The molecular weight excluding hydrogens is 520 g/mol. The van der Waals surface area contributed by atoms with Crippen molar-refractivity contribution in [3.63, 3.8) is 0 Å². The Balaban J connectivity index is 1.68. The first-order valence-corrected chi connectivity index (χ1v) is 12.8. The van der Waals surface area contributed by atoms with Crippen LogP contribution in [0.5, 0.6) is 11.5 Å². The number of hydrogen-bond donors (Lipinski definition) is 4. The summed E-state index contributed by atoms with van der Waals surface area (Å²) < 4.78 is 5.17. The fraction of sp³-hybridized carbons (Fsp3) is 0.414. The Morgan fingerprint density at radius 1 is 1.02 bits per heavy atom. The van der Waals surface area contributed by atoms with Crippen molar-refractivity contribution in [2.75, 3.05) is 21.2 Å². The van der Waals surface area contributed by atoms with Gasteiger partial charge in [-0.05, 0) is 43.3 Å². The highest BCUT2D eigenvalue weighted by molar-refractivity contribution is 6.32. The molecule has 3 unspecified atom stereocenters. The number of carbonyl (C=O) groups excluding carboxylic acids is 5. The number of hydrogen-bond acceptors (Lipinski definition) is 10. The van der Waals surface area contributed by atoms with E-state index in [0.29, 0.717) is 22.4 Å². The Labute approximate surface area is 229 Å². The lowest BCUT2D eigenvalue weighted by molar-refractivity contribution is -0.196. The maximum Gasteiger partial charge on any atom is 0.235 e. The van der Waals surface area contributed by atoms with Crippen LogP contribution in [-0.4, -0.2) is 88.2 Å². The van der Waals surface area contributed by atoms with Gasteiger partial charge in [0, 0.05) is 11.5 Å². The van der Waals surface area contributed by atoms with Crippen molar-refractivity contribution in [2.24, 2.45) is 29.4 Å². The number of phenols is 1. The van der Waals surface area contributed by atoms with Crippen LogP contribution < -0.4 is 10.5 Å². The molecule has 2 aromatic rings. The van der Waals surface area contributed by atoms with Crippen molar-refractivity contribution in [3.05, 3.63) is 47.5 Å². The van der Waals surface area contributed by atoms with Crippen molar-refractivity contribution in [3.8, 4) is 22.6 Å². The fourth-order valence-electron chi connectivity index (χ4n) is 6.99. The van der Waals surface area contributed by atoms with Gasteiger partial charge in [-0.15, -0.1) is 0 Å². The van der Waals surface area contributed by atoms with Crippen LogP contribution in [0.4, 0.5) is 0 Å². The number of fused-ring (bicyclic) bond motifs is 3. The van der Waals surface area contributed by atoms with E-state index in [4.69, 9.17) is 10.5 Å². The lowest BCUT2D eigenvalue weighted by Gasteiger charge is -2.56. The number of likely N-dealkylation sites (N-methyl/N-ethyl adjacent to an activating group) is 1. The lowest BCUT2D eigenvalue weighted by atomic mass is 9.49. The number of aliphatic hydroxyl groups is 2. The molecular formula is C29H30N2O9. The van der Waals surface area contributed by atoms with E-state index in [2.05, 4.69) is 0 Å². The number of phenolic OH excluding ortho intramolecular Hbond substituents is 1. The third-order valence-corrected chi connectivity index (χ3v) is 8.89. The normalized spacial score (nSPS) is 33.3. The molecule has 3 aliphatic rings. The van der Waals surface area contributed by atoms with E-state index in [1.54, 1.807) is 43.3 Å². The van der Waals surface area contributed by atoms with Gasteiger partial charge >= 0.3 is 0 Å². The second kappa shape index (κ2) is 9.33. The molecule has 0 bridgehead atoms. The van der Waals surface area contributed by atoms with Gasteiger partial charge in [0.2, 0.25) is 5.91 Å². The number of primary amides is 1. The smallest absolute Gasteiger partial charge is 0.235 e. The zero-order valence-electron chi connectivity index (χ0n) is 22.3. The maximum absolute atomic E-state index is 14.0. The molecule has 40 heavy (non-hydrogen) atoms. The number of methoxy groups -OCH3 is 1. The van der Waals surface area contributed by atoms with Crippen molar-refractivity contribution in [1.29, 1.82) is 0 Å². The molecule has 0 spiro atoms. The monoisotopic (exact) mass is 550 g/mol. The summed E-state index contributed by atoms with van der Waals surface area (Å²) in [5.74, 6) is -12.9. The first-order chi connectivity index (χ1) is 18.8. The van der Waals surface area contributed by atoms with Crippen molar-refractivity contribution in [2.45, 2.75) is 30.6 Å². The Kier molecular flexibility index (Phi) is 6.44. The van der Waals surface area contributed by atoms with Gasteiger partial charge in [-0.2, -0.15) is 0 Å². The van der Waals surface area contributed by atoms with Gasteiger partial charge in [0.15, 0.2) is 34.7 Å². The Bertz CT molecular complexity index is 1470. The highest BCUT2D eigenvalue weighted by Crippen LogP contribution is 2.55. The number of benzene rings is 2. The molecule has 0 radical (unpaired) electrons. The average molecular weight is 551 g/mol. The number of carbonyl (C=O) groups is 5. The molecule has 3 aliphatic carbocycles. The molecule has 2 fully saturated rings. The first-order valence-electron chi connectivity index (χ1n) is 12.8. The molecule has 2 aromatic carbocycles. The van der Waals surface area contributed by atoms with E-state index < -0.39 is 76.4 Å². The van der Waals surface area contributed by atoms with Gasteiger partial charge in [0.1, 0.15) is 11.5 Å². The van der Waals surface area contributed by atoms with Gasteiger partial charge in [-0.25, -0.2) is 0 Å². The molecule has 5 N–H and O–H groups in total. The quantitative estimate of drug-likeness (QED) is 0.380. The Morgan fingerprint density at radius 3 is 2.20 bits per heavy atom. The molecule has 0 heterocycles. The largest absolute Gasteiger partial charge is 0.507 e. The SMILES string of the molecule is COc1ccc(-c2ccc3c(c2O)C(=O)C2C(=O)[C@]4(O)C(=O)C(C(N)=O)C(=O)[C@@H](N(C)C)[C@@H]4[C@@H](O)[C@@H]2C3C)cc1. The van der Waals surface area contributed by atoms with E-state index in [1.807, 2.05) is 0 Å². The van der Waals surface area contributed by atoms with Gasteiger partial charge in [0.05, 0.1) is 36.7 Å². The van der Waals surface area contributed by atoms with Crippen LogP contribution in [0.3, 0.4) is 0 Å². The number of amides is 1. The number of rotatable bonds is 4. The predicted octanol–water partition coefficient (Wildman–Crippen LogP) is 0.0744. The number of aromatic hydroxyl groups is 1. The zero-order chi connectivity index (χ0) is 29.4. The molecule has 210 valence electrons. The second-order valence-electron chi connectivity index (χ2n) is 11.0. The van der Waals surface area contributed by atoms with E-state index in [1.165, 1.54) is 26.1 Å². The van der Waals surface area contributed by atoms with E-state index >= 15 is 0 Å². The molecule has 11 heteroatoms. The van der Waals surface area contributed by atoms with Gasteiger partial charge in [-0.1, -0.05) is 31.2 Å². The topological polar surface area (TPSA) is 185 Å². The first kappa shape index (κ1) is 27.6. The lowest BCUT2D eigenvalue weighted by Crippen LogP contribution is -2.77. The van der Waals surface area contributed by atoms with E-state index in [-0.39, 0.29) is 11.3 Å². The van der Waals surface area contributed by atoms with Crippen LogP contribution in [0.15, 0.2) is 36.4 Å². The standard InChI is InChI=1S/C29H30N2O9/c1-11-14-9-10-15(12-5-7-13(40-4)8-6-12)22(32)17(14)23(33)18-16(11)24(34)20-21(31(2)3)25(35)19(28(30)38)27(37)29(20,39)26(18)36/h5-11,16,18-21,24,32,34,39H,1-4H3,(H2,30,38)/t11?,16-,18?,19?,20-,21+,24+,29+/m1/s1. The van der Waals surface area contributed by atoms with Crippen molar-refractivity contribution >= 4 is 29.0 Å². The minimum Gasteiger partial charge on any atom is -0.507 e. The van der Waals surface area contributed by atoms with Crippen LogP contribution in [0, 0.1) is 23.7 Å². The summed E-state index contributed by atoms with van der Waals surface area (Å²) in [6.07, 6.45) is -1.67. The Hall–Kier alpha value is -3.93. The highest BCUT2D eigenvalue weighted by atomic mass is 16.5. The molecule has 0 aromatic heterocycles. The average Bonchev–Trinajstić information content (AvgIpc) is 2.90. The maximum atomic E-state index is 14.0. The van der Waals surface area contributed by atoms with Crippen LogP contribution in [0.1, 0.15) is 28.8 Å². The second-order valence-corrected chi connectivity index (χ2v) is 11.0. The summed E-state index contributed by atoms with van der Waals surface area (Å²) in [6.45, 7) is 1.67. The van der Waals surface area contributed by atoms with E-state index in [0.717, 1.165) is 0 Å². The number of aliphatic hydroxyl groups excluding tert-OH is 1. The molecule has 5 rings (SSSR count). The molecule has 2 saturated carbocycles. The number of nitrogens with two attached hydrogens (primary N) is 1. The molecule has 1 amide bonds. The van der Waals surface area contributed by atoms with Crippen molar-refractivity contribution < 1.29 is 44.0 Å². The summed E-state index contributed by atoms with van der Waals surface area (Å²) in [7, 11) is 4.41. The van der Waals surface area contributed by atoms with Crippen LogP contribution in [-0.2, 0) is 19.2 Å². The summed E-state index contributed by atoms with van der Waals surface area (Å²) in [5.41, 5.74) is 3.40. The van der Waals surface area contributed by atoms with Crippen LogP contribution in [0.2, 0.25) is 0 Å². The number of Topliss-reactive ketones (excluding diaryl/α,β-unsaturated/α-hetero) is 4. The number of ether oxygens (including phenoxy) is 1.